The summed E-state index contributed by atoms with van der Waals surface area (Å²) < 4.78 is 10.8. The maximum atomic E-state index is 13.3. The Morgan fingerprint density at radius 2 is 1.72 bits per heavy atom. The van der Waals surface area contributed by atoms with Gasteiger partial charge >= 0.3 is 0 Å². The van der Waals surface area contributed by atoms with Gasteiger partial charge in [0.25, 0.3) is 5.91 Å². The number of carbonyl (C=O) groups excluding carboxylic acids is 2. The Labute approximate surface area is 216 Å². The number of nitrogen functional groups attached to an aromatic ring is 1. The number of hydrogen-bond donors (Lipinski definition) is 3. The van der Waals surface area contributed by atoms with Crippen LogP contribution in [-0.2, 0) is 6.54 Å². The van der Waals surface area contributed by atoms with Crippen molar-refractivity contribution < 1.29 is 19.1 Å². The number of hydrogen-bond acceptors (Lipinski definition) is 7. The number of carbonyl (C=O) groups is 2. The first kappa shape index (κ1) is 23.7. The summed E-state index contributed by atoms with van der Waals surface area (Å²) in [4.78, 5) is 26.9. The second-order valence-corrected chi connectivity index (χ2v) is 9.70. The molecule has 3 aromatic carbocycles. The molecule has 0 aliphatic carbocycles. The van der Waals surface area contributed by atoms with Crippen LogP contribution >= 0.6 is 22.9 Å². The van der Waals surface area contributed by atoms with Crippen molar-refractivity contribution in [2.75, 3.05) is 17.8 Å². The number of anilines is 3. The van der Waals surface area contributed by atoms with Crippen LogP contribution in [0.15, 0.2) is 66.7 Å². The first-order chi connectivity index (χ1) is 17.4. The number of ether oxygens (including phenoxy) is 2. The highest BCUT2D eigenvalue weighted by molar-refractivity contribution is 7.19. The highest BCUT2D eigenvalue weighted by atomic mass is 35.5. The van der Waals surface area contributed by atoms with Gasteiger partial charge in [0.15, 0.2) is 11.5 Å². The van der Waals surface area contributed by atoms with Gasteiger partial charge in [-0.2, -0.15) is 0 Å². The number of halogens is 1. The van der Waals surface area contributed by atoms with Gasteiger partial charge in [0.2, 0.25) is 12.6 Å². The minimum atomic E-state index is -0.397. The van der Waals surface area contributed by atoms with E-state index < -0.39 is 5.91 Å². The van der Waals surface area contributed by atoms with Crippen LogP contribution in [-0.4, -0.2) is 18.5 Å². The highest BCUT2D eigenvalue weighted by Crippen LogP contribution is 2.39. The maximum Gasteiger partial charge on any atom is 0.256 e. The van der Waals surface area contributed by atoms with Crippen molar-refractivity contribution in [1.29, 1.82) is 0 Å². The summed E-state index contributed by atoms with van der Waals surface area (Å²) in [6.07, 6.45) is 0. The van der Waals surface area contributed by atoms with Crippen LogP contribution in [0.25, 0.3) is 0 Å². The van der Waals surface area contributed by atoms with Gasteiger partial charge in [-0.05, 0) is 61.0 Å². The molecule has 36 heavy (non-hydrogen) atoms. The van der Waals surface area contributed by atoms with Crippen molar-refractivity contribution in [2.45, 2.75) is 13.5 Å². The molecule has 0 spiro atoms. The summed E-state index contributed by atoms with van der Waals surface area (Å²) in [7, 11) is 0. The Bertz CT molecular complexity index is 1450. The molecular formula is C27H22ClN3O4S. The van der Waals surface area contributed by atoms with Crippen LogP contribution < -0.4 is 25.8 Å². The van der Waals surface area contributed by atoms with Gasteiger partial charge in [0.05, 0.1) is 11.3 Å². The summed E-state index contributed by atoms with van der Waals surface area (Å²) >= 11 is 7.11. The standard InChI is InChI=1S/C27H22ClN3O4S/c1-15-2-9-19(10-3-15)31-27-22(23(29)25(36-27)24(32)17-5-7-18(28)8-6-17)26(33)30-13-16-4-11-20-21(12-16)35-14-34-20/h2-12,31H,13-14,29H2,1H3,(H,30,33). The molecule has 1 aliphatic rings. The van der Waals surface area contributed by atoms with Crippen molar-refractivity contribution in [2.24, 2.45) is 0 Å². The second kappa shape index (κ2) is 9.93. The third-order valence-electron chi connectivity index (χ3n) is 5.68. The van der Waals surface area contributed by atoms with E-state index in [1.807, 2.05) is 43.3 Å². The van der Waals surface area contributed by atoms with Crippen LogP contribution in [0.2, 0.25) is 5.02 Å². The van der Waals surface area contributed by atoms with E-state index in [0.29, 0.717) is 27.1 Å². The highest BCUT2D eigenvalue weighted by Gasteiger charge is 2.26. The monoisotopic (exact) mass is 519 g/mol. The van der Waals surface area contributed by atoms with Crippen molar-refractivity contribution in [3.8, 4) is 11.5 Å². The molecule has 5 rings (SSSR count). The molecule has 0 fully saturated rings. The number of nitrogens with one attached hydrogen (secondary N) is 2. The molecule has 0 unspecified atom stereocenters. The summed E-state index contributed by atoms with van der Waals surface area (Å²) in [6, 6.07) is 19.7. The minimum Gasteiger partial charge on any atom is -0.454 e. The molecule has 2 heterocycles. The lowest BCUT2D eigenvalue weighted by molar-refractivity contribution is 0.0952. The van der Waals surface area contributed by atoms with Crippen LogP contribution in [0.1, 0.15) is 36.7 Å². The second-order valence-electron chi connectivity index (χ2n) is 8.25. The van der Waals surface area contributed by atoms with Gasteiger partial charge in [-0.3, -0.25) is 9.59 Å². The van der Waals surface area contributed by atoms with Crippen LogP contribution in [0, 0.1) is 6.92 Å². The average Bonchev–Trinajstić information content (AvgIpc) is 3.47. The SMILES string of the molecule is Cc1ccc(Nc2sc(C(=O)c3ccc(Cl)cc3)c(N)c2C(=O)NCc2ccc3c(c2)OCO3)cc1. The predicted molar refractivity (Wildman–Crippen MR) is 142 cm³/mol. The number of aryl methyl sites for hydroxylation is 1. The van der Waals surface area contributed by atoms with E-state index in [2.05, 4.69) is 10.6 Å². The quantitative estimate of drug-likeness (QED) is 0.262. The molecule has 0 saturated carbocycles. The topological polar surface area (TPSA) is 103 Å². The van der Waals surface area contributed by atoms with Crippen LogP contribution in [0.3, 0.4) is 0 Å². The molecule has 0 bridgehead atoms. The van der Waals surface area contributed by atoms with E-state index >= 15 is 0 Å². The number of thiophene rings is 1. The molecule has 7 nitrogen and oxygen atoms in total. The molecule has 4 N–H and O–H groups in total. The molecule has 0 atom stereocenters. The zero-order valence-corrected chi connectivity index (χ0v) is 20.8. The number of fused-ring (bicyclic) bond motifs is 1. The fourth-order valence-corrected chi connectivity index (χ4v) is 4.97. The Balaban J connectivity index is 1.45. The lowest BCUT2D eigenvalue weighted by atomic mass is 10.1. The van der Waals surface area contributed by atoms with Gasteiger partial charge in [-0.15, -0.1) is 11.3 Å². The van der Waals surface area contributed by atoms with Crippen LogP contribution in [0.5, 0.6) is 11.5 Å². The van der Waals surface area contributed by atoms with Crippen molar-refractivity contribution in [3.05, 3.63) is 98.9 Å². The average molecular weight is 520 g/mol. The zero-order chi connectivity index (χ0) is 25.2. The van der Waals surface area contributed by atoms with Crippen LogP contribution in [0.4, 0.5) is 16.4 Å². The zero-order valence-electron chi connectivity index (χ0n) is 19.3. The number of ketones is 1. The number of amides is 1. The third kappa shape index (κ3) is 4.86. The Kier molecular flexibility index (Phi) is 6.54. The number of nitrogens with two attached hydrogens (primary N) is 1. The molecule has 0 saturated heterocycles. The third-order valence-corrected chi connectivity index (χ3v) is 7.06. The number of rotatable bonds is 7. The lowest BCUT2D eigenvalue weighted by Crippen LogP contribution is -2.24. The van der Waals surface area contributed by atoms with Gasteiger partial charge < -0.3 is 25.8 Å². The van der Waals surface area contributed by atoms with Gasteiger partial charge in [0.1, 0.15) is 9.88 Å². The summed E-state index contributed by atoms with van der Waals surface area (Å²) in [5.74, 6) is 0.624. The first-order valence-electron chi connectivity index (χ1n) is 11.1. The van der Waals surface area contributed by atoms with Crippen molar-refractivity contribution >= 4 is 51.0 Å². The van der Waals surface area contributed by atoms with E-state index in [0.717, 1.165) is 28.2 Å². The predicted octanol–water partition coefficient (Wildman–Crippen LogP) is 5.93. The lowest BCUT2D eigenvalue weighted by Gasteiger charge is -2.10. The van der Waals surface area contributed by atoms with E-state index in [4.69, 9.17) is 26.8 Å². The molecule has 182 valence electrons. The molecule has 4 aromatic rings. The minimum absolute atomic E-state index is 0.123. The summed E-state index contributed by atoms with van der Waals surface area (Å²) in [5, 5.41) is 7.17. The van der Waals surface area contributed by atoms with Crippen molar-refractivity contribution in [1.82, 2.24) is 5.32 Å². The van der Waals surface area contributed by atoms with Gasteiger partial charge in [-0.1, -0.05) is 35.4 Å². The Hall–Kier alpha value is -4.01. The summed E-state index contributed by atoms with van der Waals surface area (Å²) in [5.41, 5.74) is 9.91. The van der Waals surface area contributed by atoms with Crippen molar-refractivity contribution in [3.63, 3.8) is 0 Å². The molecule has 1 amide bonds. The van der Waals surface area contributed by atoms with Gasteiger partial charge in [0, 0.05) is 22.8 Å². The largest absolute Gasteiger partial charge is 0.454 e. The van der Waals surface area contributed by atoms with E-state index in [9.17, 15) is 9.59 Å². The molecule has 1 aromatic heterocycles. The molecule has 9 heteroatoms. The van der Waals surface area contributed by atoms with E-state index in [-0.39, 0.29) is 35.2 Å². The summed E-state index contributed by atoms with van der Waals surface area (Å²) in [6.45, 7) is 2.41. The normalized spacial score (nSPS) is 11.8. The van der Waals surface area contributed by atoms with E-state index in [1.54, 1.807) is 30.3 Å². The smallest absolute Gasteiger partial charge is 0.256 e. The fraction of sp³-hybridized carbons (Fsp3) is 0.111. The number of benzene rings is 3. The molecular weight excluding hydrogens is 498 g/mol. The van der Waals surface area contributed by atoms with Gasteiger partial charge in [-0.25, -0.2) is 0 Å². The first-order valence-corrected chi connectivity index (χ1v) is 12.3. The molecule has 0 radical (unpaired) electrons. The Morgan fingerprint density at radius 1 is 1.00 bits per heavy atom. The fourth-order valence-electron chi connectivity index (χ4n) is 3.75. The Morgan fingerprint density at radius 3 is 2.47 bits per heavy atom. The maximum absolute atomic E-state index is 13.3. The van der Waals surface area contributed by atoms with E-state index in [1.165, 1.54) is 0 Å². The molecule has 1 aliphatic heterocycles.